The van der Waals surface area contributed by atoms with Crippen molar-refractivity contribution >= 4 is 17.3 Å². The van der Waals surface area contributed by atoms with Crippen molar-refractivity contribution in [2.45, 2.75) is 19.5 Å². The number of anilines is 1. The molecule has 0 aliphatic heterocycles. The molecule has 1 aromatic carbocycles. The van der Waals surface area contributed by atoms with Crippen molar-refractivity contribution < 1.29 is 23.0 Å². The number of thiazole rings is 1. The number of alkyl halides is 3. The van der Waals surface area contributed by atoms with Gasteiger partial charge in [0.1, 0.15) is 11.5 Å². The summed E-state index contributed by atoms with van der Waals surface area (Å²) >= 11 is 1.13. The normalized spacial score (nSPS) is 11.6. The van der Waals surface area contributed by atoms with E-state index in [0.717, 1.165) is 11.3 Å². The van der Waals surface area contributed by atoms with Gasteiger partial charge in [0.15, 0.2) is 5.69 Å². The lowest BCUT2D eigenvalue weighted by Crippen LogP contribution is -2.14. The standard InChI is InChI=1S/C17H15F3N4O2S/c1-3-8-4-9(11(25)5-12(8)26-2)14-13(10-6-27-7-22-10)15(17(18,19)20)24-16(21)23-14/h4-7,25H,3H2,1-2H3,(H2,21,23,24). The second-order valence-electron chi connectivity index (χ2n) is 5.56. The van der Waals surface area contributed by atoms with Gasteiger partial charge in [0.05, 0.1) is 29.6 Å². The minimum atomic E-state index is -4.78. The molecule has 0 atom stereocenters. The molecule has 142 valence electrons. The van der Waals surface area contributed by atoms with Crippen molar-refractivity contribution in [3.63, 3.8) is 0 Å². The molecule has 3 rings (SSSR count). The van der Waals surface area contributed by atoms with Crippen LogP contribution in [0.3, 0.4) is 0 Å². The molecule has 0 spiro atoms. The zero-order valence-corrected chi connectivity index (χ0v) is 15.1. The average molecular weight is 396 g/mol. The molecule has 0 saturated heterocycles. The lowest BCUT2D eigenvalue weighted by atomic mass is 9.98. The summed E-state index contributed by atoms with van der Waals surface area (Å²) in [5.74, 6) is -0.414. The van der Waals surface area contributed by atoms with Gasteiger partial charge in [-0.1, -0.05) is 6.92 Å². The molecule has 0 aliphatic rings. The number of ether oxygens (including phenoxy) is 1. The van der Waals surface area contributed by atoms with E-state index in [9.17, 15) is 18.3 Å². The highest BCUT2D eigenvalue weighted by atomic mass is 32.1. The maximum atomic E-state index is 13.6. The first-order valence-corrected chi connectivity index (χ1v) is 8.74. The summed E-state index contributed by atoms with van der Waals surface area (Å²) in [6.45, 7) is 1.86. The van der Waals surface area contributed by atoms with Gasteiger partial charge < -0.3 is 15.6 Å². The van der Waals surface area contributed by atoms with E-state index in [1.54, 1.807) is 0 Å². The van der Waals surface area contributed by atoms with E-state index in [1.165, 1.54) is 30.1 Å². The number of nitrogens with zero attached hydrogens (tertiary/aromatic N) is 3. The summed E-state index contributed by atoms with van der Waals surface area (Å²) < 4.78 is 46.1. The summed E-state index contributed by atoms with van der Waals surface area (Å²) in [5, 5.41) is 11.9. The number of phenolic OH excluding ortho intramolecular Hbond substituents is 1. The van der Waals surface area contributed by atoms with Gasteiger partial charge in [-0.05, 0) is 18.1 Å². The van der Waals surface area contributed by atoms with Gasteiger partial charge in [0.25, 0.3) is 0 Å². The molecule has 0 radical (unpaired) electrons. The molecule has 0 amide bonds. The first-order chi connectivity index (χ1) is 12.8. The highest BCUT2D eigenvalue weighted by Crippen LogP contribution is 2.44. The molecule has 0 unspecified atom stereocenters. The predicted octanol–water partition coefficient (Wildman–Crippen LogP) is 4.14. The molecule has 3 N–H and O–H groups in total. The monoisotopic (exact) mass is 396 g/mol. The van der Waals surface area contributed by atoms with Crippen molar-refractivity contribution in [1.29, 1.82) is 0 Å². The van der Waals surface area contributed by atoms with E-state index in [0.29, 0.717) is 17.7 Å². The number of benzene rings is 1. The van der Waals surface area contributed by atoms with Crippen LogP contribution in [0.2, 0.25) is 0 Å². The minimum absolute atomic E-state index is 0.0515. The van der Waals surface area contributed by atoms with Crippen LogP contribution in [0.1, 0.15) is 18.2 Å². The second-order valence-corrected chi connectivity index (χ2v) is 6.28. The summed E-state index contributed by atoms with van der Waals surface area (Å²) in [4.78, 5) is 11.4. The van der Waals surface area contributed by atoms with Crippen molar-refractivity contribution in [1.82, 2.24) is 15.0 Å². The van der Waals surface area contributed by atoms with Gasteiger partial charge in [-0.3, -0.25) is 0 Å². The summed E-state index contributed by atoms with van der Waals surface area (Å²) in [6.07, 6.45) is -4.24. The fraction of sp³-hybridized carbons (Fsp3) is 0.235. The number of nitrogen functional groups attached to an aromatic ring is 1. The summed E-state index contributed by atoms with van der Waals surface area (Å²) in [7, 11) is 1.44. The van der Waals surface area contributed by atoms with E-state index in [2.05, 4.69) is 15.0 Å². The zero-order valence-electron chi connectivity index (χ0n) is 14.3. The van der Waals surface area contributed by atoms with Crippen LogP contribution >= 0.6 is 11.3 Å². The number of halogens is 3. The van der Waals surface area contributed by atoms with Crippen LogP contribution in [0.15, 0.2) is 23.0 Å². The number of rotatable bonds is 4. The fourth-order valence-corrected chi connectivity index (χ4v) is 3.27. The van der Waals surface area contributed by atoms with Gasteiger partial charge in [-0.15, -0.1) is 11.3 Å². The van der Waals surface area contributed by atoms with E-state index < -0.39 is 17.8 Å². The lowest BCUT2D eigenvalue weighted by molar-refractivity contribution is -0.140. The number of hydrogen-bond donors (Lipinski definition) is 2. The Morgan fingerprint density at radius 3 is 2.56 bits per heavy atom. The van der Waals surface area contributed by atoms with E-state index in [4.69, 9.17) is 10.5 Å². The molecule has 0 aliphatic carbocycles. The number of methoxy groups -OCH3 is 1. The minimum Gasteiger partial charge on any atom is -0.507 e. The Bertz CT molecular complexity index is 975. The third-order valence-corrected chi connectivity index (χ3v) is 4.50. The number of aromatic nitrogens is 3. The summed E-state index contributed by atoms with van der Waals surface area (Å²) in [6, 6.07) is 2.87. The second kappa shape index (κ2) is 7.03. The van der Waals surface area contributed by atoms with Crippen LogP contribution in [0.4, 0.5) is 19.1 Å². The molecule has 0 fully saturated rings. The first kappa shape index (κ1) is 18.9. The zero-order chi connectivity index (χ0) is 19.8. The van der Waals surface area contributed by atoms with E-state index in [-0.39, 0.29) is 28.3 Å². The lowest BCUT2D eigenvalue weighted by Gasteiger charge is -2.17. The molecule has 27 heavy (non-hydrogen) atoms. The third kappa shape index (κ3) is 3.52. The maximum Gasteiger partial charge on any atom is 0.434 e. The highest BCUT2D eigenvalue weighted by molar-refractivity contribution is 7.07. The number of aromatic hydroxyl groups is 1. The Hall–Kier alpha value is -2.88. The van der Waals surface area contributed by atoms with Gasteiger partial charge in [0, 0.05) is 17.0 Å². The van der Waals surface area contributed by atoms with Crippen LogP contribution in [-0.2, 0) is 12.6 Å². The van der Waals surface area contributed by atoms with Crippen molar-refractivity contribution in [3.8, 4) is 34.0 Å². The van der Waals surface area contributed by atoms with Gasteiger partial charge in [-0.25, -0.2) is 15.0 Å². The predicted molar refractivity (Wildman–Crippen MR) is 95.6 cm³/mol. The SMILES string of the molecule is CCc1cc(-c2nc(N)nc(C(F)(F)F)c2-c2cscn2)c(O)cc1OC. The molecule has 6 nitrogen and oxygen atoms in total. The molecule has 0 saturated carbocycles. The number of aryl methyl sites for hydroxylation is 1. The highest BCUT2D eigenvalue weighted by Gasteiger charge is 2.39. The van der Waals surface area contributed by atoms with Crippen LogP contribution < -0.4 is 10.5 Å². The van der Waals surface area contributed by atoms with Crippen molar-refractivity contribution in [3.05, 3.63) is 34.3 Å². The number of nitrogens with two attached hydrogens (primary N) is 1. The Kier molecular flexibility index (Phi) is 4.92. The van der Waals surface area contributed by atoms with Crippen LogP contribution in [0, 0.1) is 0 Å². The average Bonchev–Trinajstić information content (AvgIpc) is 3.14. The molecule has 3 aromatic rings. The van der Waals surface area contributed by atoms with Crippen molar-refractivity contribution in [2.24, 2.45) is 0 Å². The quantitative estimate of drug-likeness (QED) is 0.688. The molecule has 0 bridgehead atoms. The topological polar surface area (TPSA) is 94.2 Å². The number of phenols is 1. The molecule has 10 heteroatoms. The van der Waals surface area contributed by atoms with E-state index in [1.807, 2.05) is 6.92 Å². The van der Waals surface area contributed by atoms with E-state index >= 15 is 0 Å². The molecular weight excluding hydrogens is 381 g/mol. The van der Waals surface area contributed by atoms with Gasteiger partial charge in [0.2, 0.25) is 5.95 Å². The van der Waals surface area contributed by atoms with Crippen LogP contribution in [0.5, 0.6) is 11.5 Å². The Labute approximate surface area is 156 Å². The Morgan fingerprint density at radius 2 is 2.00 bits per heavy atom. The third-order valence-electron chi connectivity index (χ3n) is 3.92. The fourth-order valence-electron chi connectivity index (χ4n) is 2.73. The molecule has 2 heterocycles. The molecule has 2 aromatic heterocycles. The van der Waals surface area contributed by atoms with Crippen LogP contribution in [-0.4, -0.2) is 27.2 Å². The van der Waals surface area contributed by atoms with Gasteiger partial charge in [-0.2, -0.15) is 13.2 Å². The Morgan fingerprint density at radius 1 is 1.26 bits per heavy atom. The van der Waals surface area contributed by atoms with Crippen molar-refractivity contribution in [2.75, 3.05) is 12.8 Å². The maximum absolute atomic E-state index is 13.6. The smallest absolute Gasteiger partial charge is 0.434 e. The first-order valence-electron chi connectivity index (χ1n) is 7.79. The Balaban J connectivity index is 2.39. The van der Waals surface area contributed by atoms with Gasteiger partial charge >= 0.3 is 6.18 Å². The van der Waals surface area contributed by atoms with Crippen LogP contribution in [0.25, 0.3) is 22.5 Å². The summed E-state index contributed by atoms with van der Waals surface area (Å²) in [5.41, 5.74) is 6.11. The molecular formula is C17H15F3N4O2S. The number of hydrogen-bond acceptors (Lipinski definition) is 7. The largest absolute Gasteiger partial charge is 0.507 e.